The van der Waals surface area contributed by atoms with Crippen molar-refractivity contribution >= 4 is 6.21 Å². The normalized spacial score (nSPS) is 9.50. The topological polar surface area (TPSA) is 34.7 Å². The molecule has 0 bridgehead atoms. The predicted molar refractivity (Wildman–Crippen MR) is 45.9 cm³/mol. The fraction of sp³-hybridized carbons (Fsp3) is 0.222. The van der Waals surface area contributed by atoms with Crippen molar-refractivity contribution in [1.82, 2.24) is 0 Å². The van der Waals surface area contributed by atoms with Gasteiger partial charge in [0.05, 0.1) is 0 Å². The van der Waals surface area contributed by atoms with Crippen molar-refractivity contribution in [2.24, 2.45) is 5.16 Å². The van der Waals surface area contributed by atoms with Gasteiger partial charge in [-0.1, -0.05) is 11.1 Å². The van der Waals surface area contributed by atoms with Crippen molar-refractivity contribution in [3.8, 4) is 11.8 Å². The Morgan fingerprint density at radius 1 is 1.58 bits per heavy atom. The molecule has 0 radical (unpaired) electrons. The zero-order valence-electron chi connectivity index (χ0n) is 7.00. The third-order valence-electron chi connectivity index (χ3n) is 1.16. The summed E-state index contributed by atoms with van der Waals surface area (Å²) < 4.78 is 5.22. The molecule has 0 N–H and O–H groups in total. The van der Waals surface area contributed by atoms with Crippen LogP contribution in [-0.2, 0) is 4.84 Å². The van der Waals surface area contributed by atoms with Crippen molar-refractivity contribution in [3.05, 3.63) is 23.7 Å². The van der Waals surface area contributed by atoms with Gasteiger partial charge in [-0.15, -0.1) is 0 Å². The van der Waals surface area contributed by atoms with Crippen molar-refractivity contribution in [3.63, 3.8) is 0 Å². The average molecular weight is 163 g/mol. The minimum Gasteiger partial charge on any atom is -0.447 e. The first-order chi connectivity index (χ1) is 5.86. The molecule has 1 aromatic rings. The van der Waals surface area contributed by atoms with Crippen LogP contribution in [-0.4, -0.2) is 13.3 Å². The summed E-state index contributed by atoms with van der Waals surface area (Å²) >= 11 is 0. The zero-order valence-corrected chi connectivity index (χ0v) is 7.00. The lowest BCUT2D eigenvalue weighted by molar-refractivity contribution is 0.215. The van der Waals surface area contributed by atoms with Crippen molar-refractivity contribution in [2.75, 3.05) is 7.11 Å². The largest absolute Gasteiger partial charge is 0.447 e. The number of rotatable bonds is 2. The molecule has 62 valence electrons. The van der Waals surface area contributed by atoms with Crippen LogP contribution in [0.1, 0.15) is 18.4 Å². The second-order valence-electron chi connectivity index (χ2n) is 1.99. The van der Waals surface area contributed by atoms with Gasteiger partial charge < -0.3 is 9.25 Å². The quantitative estimate of drug-likeness (QED) is 0.377. The molecular weight excluding hydrogens is 154 g/mol. The minimum absolute atomic E-state index is 0.634. The van der Waals surface area contributed by atoms with Gasteiger partial charge in [0.15, 0.2) is 5.76 Å². The van der Waals surface area contributed by atoms with Gasteiger partial charge in [-0.2, -0.15) is 0 Å². The van der Waals surface area contributed by atoms with E-state index in [4.69, 9.17) is 4.42 Å². The second kappa shape index (κ2) is 4.24. The van der Waals surface area contributed by atoms with Crippen LogP contribution in [0.4, 0.5) is 0 Å². The van der Waals surface area contributed by atoms with Crippen LogP contribution in [0, 0.1) is 11.8 Å². The first-order valence-electron chi connectivity index (χ1n) is 3.46. The molecule has 0 saturated carbocycles. The Morgan fingerprint density at radius 2 is 2.42 bits per heavy atom. The van der Waals surface area contributed by atoms with E-state index in [9.17, 15) is 0 Å². The Hall–Kier alpha value is -1.69. The van der Waals surface area contributed by atoms with E-state index in [0.29, 0.717) is 11.5 Å². The fourth-order valence-corrected chi connectivity index (χ4v) is 0.717. The molecule has 0 saturated heterocycles. The number of hydrogen-bond donors (Lipinski definition) is 0. The highest BCUT2D eigenvalue weighted by atomic mass is 16.6. The smallest absolute Gasteiger partial charge is 0.177 e. The molecule has 0 spiro atoms. The lowest BCUT2D eigenvalue weighted by Gasteiger charge is -1.83. The zero-order chi connectivity index (χ0) is 8.81. The van der Waals surface area contributed by atoms with E-state index in [-0.39, 0.29) is 0 Å². The van der Waals surface area contributed by atoms with E-state index in [0.717, 1.165) is 0 Å². The number of nitrogens with zero attached hydrogens (tertiary/aromatic N) is 1. The van der Waals surface area contributed by atoms with Crippen molar-refractivity contribution in [1.29, 1.82) is 0 Å². The summed E-state index contributed by atoms with van der Waals surface area (Å²) in [5.41, 5.74) is 0. The van der Waals surface area contributed by atoms with E-state index in [1.807, 2.05) is 0 Å². The van der Waals surface area contributed by atoms with E-state index < -0.39 is 0 Å². The molecule has 3 heteroatoms. The highest BCUT2D eigenvalue weighted by Crippen LogP contribution is 2.03. The van der Waals surface area contributed by atoms with E-state index >= 15 is 0 Å². The SMILES string of the molecule is CC#Cc1ccc(/C=N/OC)o1. The Bertz CT molecular complexity index is 328. The molecule has 0 aromatic carbocycles. The number of oxime groups is 1. The summed E-state index contributed by atoms with van der Waals surface area (Å²) in [4.78, 5) is 4.49. The maximum atomic E-state index is 5.22. The standard InChI is InChI=1S/C9H9NO2/c1-3-4-8-5-6-9(12-8)7-10-11-2/h5-7H,1-2H3/b10-7+. The first-order valence-corrected chi connectivity index (χ1v) is 3.46. The van der Waals surface area contributed by atoms with E-state index in [1.165, 1.54) is 13.3 Å². The molecule has 0 aliphatic rings. The molecule has 0 fully saturated rings. The van der Waals surface area contributed by atoms with Gasteiger partial charge in [-0.3, -0.25) is 0 Å². The highest BCUT2D eigenvalue weighted by molar-refractivity contribution is 5.75. The minimum atomic E-state index is 0.634. The summed E-state index contributed by atoms with van der Waals surface area (Å²) in [7, 11) is 1.48. The molecule has 0 amide bonds. The lowest BCUT2D eigenvalue weighted by Crippen LogP contribution is -1.75. The van der Waals surface area contributed by atoms with Gasteiger partial charge in [0, 0.05) is 0 Å². The van der Waals surface area contributed by atoms with E-state index in [2.05, 4.69) is 21.8 Å². The van der Waals surface area contributed by atoms with Crippen LogP contribution in [0.3, 0.4) is 0 Å². The fourth-order valence-electron chi connectivity index (χ4n) is 0.717. The average Bonchev–Trinajstić information content (AvgIpc) is 2.50. The Labute approximate surface area is 71.0 Å². The maximum absolute atomic E-state index is 5.22. The molecule has 1 heterocycles. The van der Waals surface area contributed by atoms with Crippen LogP contribution in [0.15, 0.2) is 21.7 Å². The molecule has 12 heavy (non-hydrogen) atoms. The molecule has 0 aliphatic heterocycles. The van der Waals surface area contributed by atoms with Crippen LogP contribution in [0.5, 0.6) is 0 Å². The van der Waals surface area contributed by atoms with Crippen LogP contribution in [0.2, 0.25) is 0 Å². The molecule has 0 atom stereocenters. The summed E-state index contributed by atoms with van der Waals surface area (Å²) in [6, 6.07) is 3.57. The van der Waals surface area contributed by atoms with Crippen LogP contribution in [0.25, 0.3) is 0 Å². The second-order valence-corrected chi connectivity index (χ2v) is 1.99. The summed E-state index contributed by atoms with van der Waals surface area (Å²) in [6.45, 7) is 1.76. The third-order valence-corrected chi connectivity index (χ3v) is 1.16. The van der Waals surface area contributed by atoms with Gasteiger partial charge in [0.25, 0.3) is 0 Å². The van der Waals surface area contributed by atoms with Gasteiger partial charge >= 0.3 is 0 Å². The number of furan rings is 1. The van der Waals surface area contributed by atoms with Crippen molar-refractivity contribution < 1.29 is 9.25 Å². The summed E-state index contributed by atoms with van der Waals surface area (Å²) in [6.07, 6.45) is 1.49. The number of hydrogen-bond acceptors (Lipinski definition) is 3. The summed E-state index contributed by atoms with van der Waals surface area (Å²) in [5.74, 6) is 6.79. The Morgan fingerprint density at radius 3 is 3.08 bits per heavy atom. The molecule has 0 unspecified atom stereocenters. The Balaban J connectivity index is 2.75. The molecule has 1 rings (SSSR count). The highest BCUT2D eigenvalue weighted by Gasteiger charge is 1.94. The Kier molecular flexibility index (Phi) is 2.97. The molecule has 1 aromatic heterocycles. The molecule has 3 nitrogen and oxygen atoms in total. The van der Waals surface area contributed by atoms with E-state index in [1.54, 1.807) is 19.1 Å². The monoisotopic (exact) mass is 163 g/mol. The molecular formula is C9H9NO2. The summed E-state index contributed by atoms with van der Waals surface area (Å²) in [5, 5.41) is 3.55. The van der Waals surface area contributed by atoms with Gasteiger partial charge in [-0.05, 0) is 25.0 Å². The maximum Gasteiger partial charge on any atom is 0.177 e. The van der Waals surface area contributed by atoms with Gasteiger partial charge in [0.1, 0.15) is 19.1 Å². The predicted octanol–water partition coefficient (Wildman–Crippen LogP) is 1.63. The van der Waals surface area contributed by atoms with Gasteiger partial charge in [-0.25, -0.2) is 0 Å². The molecule has 0 aliphatic carbocycles. The van der Waals surface area contributed by atoms with Crippen LogP contribution < -0.4 is 0 Å². The van der Waals surface area contributed by atoms with Crippen LogP contribution >= 0.6 is 0 Å². The van der Waals surface area contributed by atoms with Gasteiger partial charge in [0.2, 0.25) is 0 Å². The first kappa shape index (κ1) is 8.41. The third kappa shape index (κ3) is 2.17. The lowest BCUT2D eigenvalue weighted by atomic mass is 10.4. The van der Waals surface area contributed by atoms with Crippen molar-refractivity contribution in [2.45, 2.75) is 6.92 Å².